The molecule has 6 heteroatoms. The number of hydrogen-bond donors (Lipinski definition) is 1. The zero-order valence-corrected chi connectivity index (χ0v) is 11.5. The molecule has 0 unspecified atom stereocenters. The predicted octanol–water partition coefficient (Wildman–Crippen LogP) is 0.971. The van der Waals surface area contributed by atoms with E-state index in [9.17, 15) is 14.0 Å². The van der Waals surface area contributed by atoms with Crippen LogP contribution in [0.15, 0.2) is 24.3 Å². The second kappa shape index (κ2) is 5.11. The van der Waals surface area contributed by atoms with Crippen molar-refractivity contribution in [1.29, 1.82) is 0 Å². The van der Waals surface area contributed by atoms with Crippen molar-refractivity contribution >= 4 is 11.8 Å². The highest BCUT2D eigenvalue weighted by atomic mass is 19.1. The van der Waals surface area contributed by atoms with Crippen molar-refractivity contribution in [2.24, 2.45) is 5.73 Å². The van der Waals surface area contributed by atoms with Gasteiger partial charge in [0, 0.05) is 12.1 Å². The Balaban J connectivity index is 1.85. The maximum absolute atomic E-state index is 14.3. The number of ether oxygens (including phenoxy) is 1. The molecule has 2 saturated heterocycles. The number of rotatable bonds is 3. The van der Waals surface area contributed by atoms with Gasteiger partial charge in [0.2, 0.25) is 5.91 Å². The van der Waals surface area contributed by atoms with Crippen LogP contribution in [0.3, 0.4) is 0 Å². The summed E-state index contributed by atoms with van der Waals surface area (Å²) in [5, 5.41) is 0. The Hall–Kier alpha value is -1.95. The summed E-state index contributed by atoms with van der Waals surface area (Å²) in [5.41, 5.74) is 4.63. The van der Waals surface area contributed by atoms with Crippen LogP contribution in [0.2, 0.25) is 0 Å². The molecule has 0 aromatic heterocycles. The molecule has 0 bridgehead atoms. The number of benzene rings is 1. The molecule has 3 rings (SSSR count). The Morgan fingerprint density at radius 1 is 1.38 bits per heavy atom. The molecule has 2 heterocycles. The Labute approximate surface area is 121 Å². The van der Waals surface area contributed by atoms with Crippen molar-refractivity contribution in [2.45, 2.75) is 24.6 Å². The van der Waals surface area contributed by atoms with E-state index < -0.39 is 17.6 Å². The number of hydrogen-bond acceptors (Lipinski definition) is 3. The molecule has 2 N–H and O–H groups in total. The quantitative estimate of drug-likeness (QED) is 0.902. The van der Waals surface area contributed by atoms with Gasteiger partial charge < -0.3 is 15.4 Å². The molecule has 2 fully saturated rings. The normalized spacial score (nSPS) is 23.7. The second-order valence-corrected chi connectivity index (χ2v) is 5.60. The first-order chi connectivity index (χ1) is 10.0. The summed E-state index contributed by atoms with van der Waals surface area (Å²) < 4.78 is 19.2. The number of nitrogens with zero attached hydrogens (tertiary/aromatic N) is 1. The van der Waals surface area contributed by atoms with E-state index in [0.29, 0.717) is 24.1 Å². The third-order valence-corrected chi connectivity index (χ3v) is 4.13. The van der Waals surface area contributed by atoms with Gasteiger partial charge in [0.15, 0.2) is 5.67 Å². The van der Waals surface area contributed by atoms with Gasteiger partial charge in [-0.1, -0.05) is 12.1 Å². The minimum atomic E-state index is -1.51. The summed E-state index contributed by atoms with van der Waals surface area (Å²) in [6, 6.07) is 5.91. The van der Waals surface area contributed by atoms with Crippen molar-refractivity contribution < 1.29 is 18.7 Å². The maximum Gasteiger partial charge on any atom is 0.254 e. The second-order valence-electron chi connectivity index (χ2n) is 5.60. The maximum atomic E-state index is 14.3. The van der Waals surface area contributed by atoms with Gasteiger partial charge >= 0.3 is 0 Å². The molecule has 2 aliphatic rings. The lowest BCUT2D eigenvalue weighted by atomic mass is 9.92. The zero-order chi connectivity index (χ0) is 15.0. The third kappa shape index (κ3) is 2.40. The third-order valence-electron chi connectivity index (χ3n) is 4.13. The highest BCUT2D eigenvalue weighted by Gasteiger charge is 2.41. The van der Waals surface area contributed by atoms with E-state index in [4.69, 9.17) is 10.5 Å². The van der Waals surface area contributed by atoms with Crippen LogP contribution in [-0.4, -0.2) is 42.5 Å². The van der Waals surface area contributed by atoms with Crippen molar-refractivity contribution in [1.82, 2.24) is 4.90 Å². The highest BCUT2D eigenvalue weighted by molar-refractivity contribution is 5.97. The number of carbonyl (C=O) groups is 2. The smallest absolute Gasteiger partial charge is 0.254 e. The largest absolute Gasteiger partial charge is 0.374 e. The van der Waals surface area contributed by atoms with Crippen LogP contribution < -0.4 is 5.73 Å². The molecule has 0 saturated carbocycles. The molecule has 5 nitrogen and oxygen atoms in total. The van der Waals surface area contributed by atoms with E-state index >= 15 is 0 Å². The number of likely N-dealkylation sites (tertiary alicyclic amines) is 1. The molecule has 1 aromatic rings. The fourth-order valence-electron chi connectivity index (χ4n) is 2.85. The summed E-state index contributed by atoms with van der Waals surface area (Å²) in [4.78, 5) is 25.4. The van der Waals surface area contributed by atoms with Crippen LogP contribution in [0.25, 0.3) is 0 Å². The topological polar surface area (TPSA) is 72.6 Å². The van der Waals surface area contributed by atoms with Gasteiger partial charge in [-0.25, -0.2) is 4.39 Å². The van der Waals surface area contributed by atoms with Gasteiger partial charge in [-0.15, -0.1) is 0 Å². The highest BCUT2D eigenvalue weighted by Crippen LogP contribution is 2.34. The van der Waals surface area contributed by atoms with E-state index in [1.807, 2.05) is 0 Å². The van der Waals surface area contributed by atoms with E-state index in [1.165, 1.54) is 4.90 Å². The first kappa shape index (κ1) is 14.0. The monoisotopic (exact) mass is 292 g/mol. The number of alkyl halides is 1. The first-order valence-electron chi connectivity index (χ1n) is 6.99. The molecule has 112 valence electrons. The molecular formula is C15H17FN2O3. The Morgan fingerprint density at radius 2 is 2.14 bits per heavy atom. The summed E-state index contributed by atoms with van der Waals surface area (Å²) in [5.74, 6) is -0.770. The lowest BCUT2D eigenvalue weighted by Gasteiger charge is -2.34. The van der Waals surface area contributed by atoms with Gasteiger partial charge in [0.25, 0.3) is 5.91 Å². The fraction of sp³-hybridized carbons (Fsp3) is 0.467. The van der Waals surface area contributed by atoms with Gasteiger partial charge in [0.1, 0.15) is 6.04 Å². The summed E-state index contributed by atoms with van der Waals surface area (Å²) in [6.07, 6.45) is 1.33. The van der Waals surface area contributed by atoms with Crippen molar-refractivity contribution in [3.63, 3.8) is 0 Å². The minimum Gasteiger partial charge on any atom is -0.374 e. The van der Waals surface area contributed by atoms with Gasteiger partial charge in [0.05, 0.1) is 13.2 Å². The SMILES string of the molecule is NC(=O)[C@H]1CCCN1C(=O)c1cccc(C2(F)COC2)c1. The van der Waals surface area contributed by atoms with E-state index in [-0.39, 0.29) is 19.1 Å². The van der Waals surface area contributed by atoms with Crippen LogP contribution in [0.1, 0.15) is 28.8 Å². The summed E-state index contributed by atoms with van der Waals surface area (Å²) >= 11 is 0. The Kier molecular flexibility index (Phi) is 3.41. The van der Waals surface area contributed by atoms with E-state index in [0.717, 1.165) is 6.42 Å². The number of halogens is 1. The zero-order valence-electron chi connectivity index (χ0n) is 11.5. The summed E-state index contributed by atoms with van der Waals surface area (Å²) in [7, 11) is 0. The predicted molar refractivity (Wildman–Crippen MR) is 73.3 cm³/mol. The number of amides is 2. The van der Waals surface area contributed by atoms with Gasteiger partial charge in [-0.05, 0) is 30.5 Å². The number of nitrogens with two attached hydrogens (primary N) is 1. The molecule has 2 aliphatic heterocycles. The lowest BCUT2D eigenvalue weighted by molar-refractivity contribution is -0.135. The van der Waals surface area contributed by atoms with Crippen LogP contribution in [0.5, 0.6) is 0 Å². The average Bonchev–Trinajstić information content (AvgIpc) is 2.93. The van der Waals surface area contributed by atoms with Crippen molar-refractivity contribution in [3.05, 3.63) is 35.4 Å². The van der Waals surface area contributed by atoms with Gasteiger partial charge in [-0.2, -0.15) is 0 Å². The molecule has 1 aromatic carbocycles. The van der Waals surface area contributed by atoms with Crippen LogP contribution in [-0.2, 0) is 15.2 Å². The van der Waals surface area contributed by atoms with E-state index in [1.54, 1.807) is 24.3 Å². The summed E-state index contributed by atoms with van der Waals surface area (Å²) in [6.45, 7) is 0.525. The van der Waals surface area contributed by atoms with Crippen LogP contribution >= 0.6 is 0 Å². The first-order valence-corrected chi connectivity index (χ1v) is 6.99. The average molecular weight is 292 g/mol. The standard InChI is InChI=1S/C15H17FN2O3/c16-15(8-21-9-15)11-4-1-3-10(7-11)14(20)18-6-2-5-12(18)13(17)19/h1,3-4,7,12H,2,5-6,8-9H2,(H2,17,19)/t12-/m1/s1. The molecule has 0 spiro atoms. The number of carbonyl (C=O) groups excluding carboxylic acids is 2. The Morgan fingerprint density at radius 3 is 2.76 bits per heavy atom. The molecule has 1 atom stereocenters. The van der Waals surface area contributed by atoms with Crippen LogP contribution in [0.4, 0.5) is 4.39 Å². The molecule has 0 radical (unpaired) electrons. The molecule has 0 aliphatic carbocycles. The molecular weight excluding hydrogens is 275 g/mol. The Bertz CT molecular complexity index is 586. The fourth-order valence-corrected chi connectivity index (χ4v) is 2.85. The van der Waals surface area contributed by atoms with E-state index in [2.05, 4.69) is 0 Å². The number of primary amides is 1. The van der Waals surface area contributed by atoms with Crippen molar-refractivity contribution in [2.75, 3.05) is 19.8 Å². The van der Waals surface area contributed by atoms with Crippen molar-refractivity contribution in [3.8, 4) is 0 Å². The minimum absolute atomic E-state index is 0.0122. The molecule has 2 amide bonds. The van der Waals surface area contributed by atoms with Crippen LogP contribution in [0, 0.1) is 0 Å². The van der Waals surface area contributed by atoms with Gasteiger partial charge in [-0.3, -0.25) is 9.59 Å². The molecule has 21 heavy (non-hydrogen) atoms. The lowest BCUT2D eigenvalue weighted by Crippen LogP contribution is -2.44.